The molecule has 0 aliphatic carbocycles. The van der Waals surface area contributed by atoms with Gasteiger partial charge in [0.2, 0.25) is 17.7 Å². The van der Waals surface area contributed by atoms with Gasteiger partial charge in [-0.15, -0.1) is 0 Å². The molecular formula is C34H65N3O3. The van der Waals surface area contributed by atoms with Crippen LogP contribution in [0.15, 0.2) is 12.2 Å². The molecule has 0 bridgehead atoms. The lowest BCUT2D eigenvalue weighted by molar-refractivity contribution is -0.131. The molecule has 40 heavy (non-hydrogen) atoms. The average Bonchev–Trinajstić information content (AvgIpc) is 2.92. The van der Waals surface area contributed by atoms with Gasteiger partial charge in [-0.05, 0) is 70.1 Å². The van der Waals surface area contributed by atoms with Crippen molar-refractivity contribution in [2.45, 2.75) is 150 Å². The zero-order valence-corrected chi connectivity index (χ0v) is 27.0. The molecule has 0 aromatic carbocycles. The van der Waals surface area contributed by atoms with E-state index < -0.39 is 0 Å². The molecule has 2 N–H and O–H groups in total. The second-order valence-electron chi connectivity index (χ2n) is 12.2. The van der Waals surface area contributed by atoms with Gasteiger partial charge in [0.1, 0.15) is 0 Å². The quantitative estimate of drug-likeness (QED) is 0.0786. The van der Waals surface area contributed by atoms with Gasteiger partial charge in [0.15, 0.2) is 0 Å². The number of nitrogens with one attached hydrogen (secondary N) is 2. The summed E-state index contributed by atoms with van der Waals surface area (Å²) < 4.78 is 0. The number of nitrogens with zero attached hydrogens (tertiary/aromatic N) is 1. The number of amides is 3. The van der Waals surface area contributed by atoms with Gasteiger partial charge in [0.05, 0.1) is 0 Å². The highest BCUT2D eigenvalue weighted by molar-refractivity contribution is 5.77. The minimum absolute atomic E-state index is 0.000189. The Morgan fingerprint density at radius 2 is 1.23 bits per heavy atom. The molecule has 0 atom stereocenters. The van der Waals surface area contributed by atoms with Crippen molar-refractivity contribution in [1.29, 1.82) is 0 Å². The minimum atomic E-state index is -0.000189. The highest BCUT2D eigenvalue weighted by atomic mass is 16.2. The Hall–Kier alpha value is -1.85. The molecule has 6 heteroatoms. The molecule has 0 fully saturated rings. The van der Waals surface area contributed by atoms with Crippen LogP contribution in [0.2, 0.25) is 0 Å². The fourth-order valence-electron chi connectivity index (χ4n) is 4.56. The number of unbranched alkanes of at least 4 members (excludes halogenated alkanes) is 10. The van der Waals surface area contributed by atoms with Crippen molar-refractivity contribution in [3.63, 3.8) is 0 Å². The van der Waals surface area contributed by atoms with E-state index in [2.05, 4.69) is 43.6 Å². The van der Waals surface area contributed by atoms with Crippen molar-refractivity contribution in [2.75, 3.05) is 26.2 Å². The summed E-state index contributed by atoms with van der Waals surface area (Å²) in [4.78, 5) is 38.5. The minimum Gasteiger partial charge on any atom is -0.356 e. The van der Waals surface area contributed by atoms with Gasteiger partial charge in [-0.1, -0.05) is 85.3 Å². The lowest BCUT2D eigenvalue weighted by Gasteiger charge is -2.23. The Morgan fingerprint density at radius 1 is 0.650 bits per heavy atom. The molecule has 0 heterocycles. The monoisotopic (exact) mass is 564 g/mol. The van der Waals surface area contributed by atoms with Crippen molar-refractivity contribution in [3.8, 4) is 0 Å². The predicted octanol–water partition coefficient (Wildman–Crippen LogP) is 7.96. The first-order valence-electron chi connectivity index (χ1n) is 16.7. The third-order valence-electron chi connectivity index (χ3n) is 7.30. The maximum Gasteiger partial charge on any atom is 0.222 e. The van der Waals surface area contributed by atoms with Gasteiger partial charge >= 0.3 is 0 Å². The fourth-order valence-corrected chi connectivity index (χ4v) is 4.56. The summed E-state index contributed by atoms with van der Waals surface area (Å²) in [5.41, 5.74) is 0. The van der Waals surface area contributed by atoms with E-state index in [0.717, 1.165) is 76.8 Å². The zero-order chi connectivity index (χ0) is 29.8. The first-order valence-corrected chi connectivity index (χ1v) is 16.7. The molecule has 0 aromatic rings. The molecule has 0 radical (unpaired) electrons. The molecule has 0 aliphatic rings. The lowest BCUT2D eigenvalue weighted by Crippen LogP contribution is -2.34. The number of rotatable bonds is 27. The third kappa shape index (κ3) is 25.1. The fraction of sp³-hybridized carbons (Fsp3) is 0.853. The van der Waals surface area contributed by atoms with Crippen LogP contribution in [0.25, 0.3) is 0 Å². The molecule has 0 spiro atoms. The molecule has 6 nitrogen and oxygen atoms in total. The summed E-state index contributed by atoms with van der Waals surface area (Å²) in [5.74, 6) is 1.28. The molecule has 0 aliphatic heterocycles. The molecule has 234 valence electrons. The Morgan fingerprint density at radius 3 is 1.82 bits per heavy atom. The summed E-state index contributed by atoms with van der Waals surface area (Å²) in [6, 6.07) is 0. The van der Waals surface area contributed by atoms with E-state index in [-0.39, 0.29) is 23.6 Å². The summed E-state index contributed by atoms with van der Waals surface area (Å²) in [6.07, 6.45) is 23.6. The van der Waals surface area contributed by atoms with Crippen LogP contribution in [0.1, 0.15) is 150 Å². The van der Waals surface area contributed by atoms with E-state index in [1.807, 2.05) is 18.7 Å². The molecular weight excluding hydrogens is 498 g/mol. The van der Waals surface area contributed by atoms with Gasteiger partial charge in [0, 0.05) is 44.9 Å². The molecule has 0 unspecified atom stereocenters. The second kappa shape index (κ2) is 27.3. The molecule has 0 saturated heterocycles. The van der Waals surface area contributed by atoms with Gasteiger partial charge < -0.3 is 15.5 Å². The zero-order valence-electron chi connectivity index (χ0n) is 27.0. The second-order valence-corrected chi connectivity index (χ2v) is 12.2. The average molecular weight is 564 g/mol. The van der Waals surface area contributed by atoms with Crippen LogP contribution >= 0.6 is 0 Å². The number of carbonyl (C=O) groups excluding carboxylic acids is 3. The summed E-state index contributed by atoms with van der Waals surface area (Å²) in [5, 5.41) is 5.95. The molecule has 3 amide bonds. The standard InChI is InChI=1S/C34H65N3O3/c1-6-7-24-32(38)35-26-19-21-28-37(29-22-20-27-36-34(40)31(4)5)33(39)25-18-16-14-12-10-8-9-11-13-15-17-23-30(2)3/h10,12,30-31H,6-9,11,13-29H2,1-5H3,(H,35,38)(H,36,40). The van der Waals surface area contributed by atoms with Crippen molar-refractivity contribution in [1.82, 2.24) is 15.5 Å². The van der Waals surface area contributed by atoms with E-state index in [9.17, 15) is 14.4 Å². The largest absolute Gasteiger partial charge is 0.356 e. The molecule has 0 rings (SSSR count). The van der Waals surface area contributed by atoms with Crippen LogP contribution < -0.4 is 10.6 Å². The Kier molecular flexibility index (Phi) is 26.1. The smallest absolute Gasteiger partial charge is 0.222 e. The number of allylic oxidation sites excluding steroid dienone is 2. The predicted molar refractivity (Wildman–Crippen MR) is 170 cm³/mol. The van der Waals surface area contributed by atoms with E-state index in [1.54, 1.807) is 0 Å². The van der Waals surface area contributed by atoms with Crippen LogP contribution in [0, 0.1) is 11.8 Å². The van der Waals surface area contributed by atoms with Crippen LogP contribution in [-0.4, -0.2) is 48.8 Å². The van der Waals surface area contributed by atoms with E-state index in [4.69, 9.17) is 0 Å². The summed E-state index contributed by atoms with van der Waals surface area (Å²) >= 11 is 0. The SMILES string of the molecule is CCCCC(=O)NCCCCN(CCCCNC(=O)C(C)C)C(=O)CCCCC=CCCCCCCCC(C)C. The summed E-state index contributed by atoms with van der Waals surface area (Å²) in [6.45, 7) is 13.3. The van der Waals surface area contributed by atoms with Crippen LogP contribution in [0.4, 0.5) is 0 Å². The van der Waals surface area contributed by atoms with E-state index >= 15 is 0 Å². The number of hydrogen-bond acceptors (Lipinski definition) is 3. The Bertz CT molecular complexity index is 661. The molecule has 0 saturated carbocycles. The van der Waals surface area contributed by atoms with E-state index in [0.29, 0.717) is 25.9 Å². The number of carbonyl (C=O) groups is 3. The maximum absolute atomic E-state index is 13.0. The topological polar surface area (TPSA) is 78.5 Å². The first-order chi connectivity index (χ1) is 19.3. The Labute approximate surface area is 247 Å². The van der Waals surface area contributed by atoms with Crippen LogP contribution in [0.3, 0.4) is 0 Å². The van der Waals surface area contributed by atoms with Crippen LogP contribution in [0.5, 0.6) is 0 Å². The van der Waals surface area contributed by atoms with Crippen molar-refractivity contribution >= 4 is 17.7 Å². The lowest BCUT2D eigenvalue weighted by atomic mass is 10.0. The van der Waals surface area contributed by atoms with Crippen LogP contribution in [-0.2, 0) is 14.4 Å². The highest BCUT2D eigenvalue weighted by Crippen LogP contribution is 2.12. The maximum atomic E-state index is 13.0. The normalized spacial score (nSPS) is 11.5. The van der Waals surface area contributed by atoms with E-state index in [1.165, 1.54) is 44.9 Å². The van der Waals surface area contributed by atoms with Gasteiger partial charge in [-0.2, -0.15) is 0 Å². The van der Waals surface area contributed by atoms with Crippen molar-refractivity contribution in [2.24, 2.45) is 11.8 Å². The number of hydrogen-bond donors (Lipinski definition) is 2. The Balaban J connectivity index is 4.21. The summed E-state index contributed by atoms with van der Waals surface area (Å²) in [7, 11) is 0. The first kappa shape index (κ1) is 38.1. The van der Waals surface area contributed by atoms with Gasteiger partial charge in [-0.25, -0.2) is 0 Å². The van der Waals surface area contributed by atoms with Gasteiger partial charge in [-0.3, -0.25) is 14.4 Å². The van der Waals surface area contributed by atoms with Crippen molar-refractivity contribution < 1.29 is 14.4 Å². The highest BCUT2D eigenvalue weighted by Gasteiger charge is 2.13. The van der Waals surface area contributed by atoms with Gasteiger partial charge in [0.25, 0.3) is 0 Å². The third-order valence-corrected chi connectivity index (χ3v) is 7.30. The molecule has 0 aromatic heterocycles. The van der Waals surface area contributed by atoms with Crippen molar-refractivity contribution in [3.05, 3.63) is 12.2 Å².